The van der Waals surface area contributed by atoms with Crippen molar-refractivity contribution in [3.05, 3.63) is 249 Å². The average molecular weight is 816 g/mol. The van der Waals surface area contributed by atoms with E-state index in [0.29, 0.717) is 0 Å². The van der Waals surface area contributed by atoms with Crippen LogP contribution in [0.2, 0.25) is 0 Å². The van der Waals surface area contributed by atoms with E-state index < -0.39 is 0 Å². The summed E-state index contributed by atoms with van der Waals surface area (Å²) in [6.07, 6.45) is 0. The quantitative estimate of drug-likeness (QED) is 0.142. The Kier molecular flexibility index (Phi) is 9.20. The van der Waals surface area contributed by atoms with Gasteiger partial charge in [-0.25, -0.2) is 0 Å². The van der Waals surface area contributed by atoms with Gasteiger partial charge in [0.15, 0.2) is 0 Å². The second kappa shape index (κ2) is 15.8. The number of rotatable bonds is 8. The first-order valence-electron chi connectivity index (χ1n) is 21.9. The molecular weight excluding hydrogens is 775 g/mol. The standard InChI is InChI=1S/C62H41NO/c1-4-18-42(19-5-1)44-32-34-46(35-33-44)50-26-14-16-30-57(50)63(58-38-36-47(43-20-6-2-7-21-43)40-55(58)45-22-8-3-9-23-45)59-39-37-53(62-61(59)54-29-15-17-31-60(54)64-62)56-41-48-24-10-11-25-49(48)51-27-12-13-28-52(51)56/h1-41H. The third kappa shape index (κ3) is 6.44. The molecule has 0 radical (unpaired) electrons. The summed E-state index contributed by atoms with van der Waals surface area (Å²) >= 11 is 0. The predicted molar refractivity (Wildman–Crippen MR) is 271 cm³/mol. The van der Waals surface area contributed by atoms with Gasteiger partial charge in [0.05, 0.1) is 22.4 Å². The fraction of sp³-hybridized carbons (Fsp3) is 0. The van der Waals surface area contributed by atoms with Crippen molar-refractivity contribution < 1.29 is 4.42 Å². The van der Waals surface area contributed by atoms with Crippen molar-refractivity contribution in [3.8, 4) is 55.6 Å². The highest BCUT2D eigenvalue weighted by molar-refractivity contribution is 6.21. The van der Waals surface area contributed by atoms with Crippen LogP contribution in [0.5, 0.6) is 0 Å². The van der Waals surface area contributed by atoms with Crippen LogP contribution in [0.15, 0.2) is 253 Å². The highest BCUT2D eigenvalue weighted by atomic mass is 16.3. The van der Waals surface area contributed by atoms with Crippen LogP contribution < -0.4 is 4.90 Å². The average Bonchev–Trinajstić information content (AvgIpc) is 3.77. The zero-order valence-electron chi connectivity index (χ0n) is 35.0. The Morgan fingerprint density at radius 2 is 0.766 bits per heavy atom. The summed E-state index contributed by atoms with van der Waals surface area (Å²) in [6, 6.07) is 89.6. The maximum absolute atomic E-state index is 7.10. The SMILES string of the molecule is c1ccc(-c2ccc(-c3ccccc3N(c3ccc(-c4ccccc4)cc3-c3ccccc3)c3ccc(-c4cc5ccccc5c5ccccc45)c4oc5ccccc5c34)cc2)cc1. The van der Waals surface area contributed by atoms with Crippen LogP contribution in [-0.2, 0) is 0 Å². The number of furan rings is 1. The molecule has 11 aromatic carbocycles. The second-order valence-corrected chi connectivity index (χ2v) is 16.4. The molecule has 1 aromatic heterocycles. The number of hydrogen-bond acceptors (Lipinski definition) is 2. The largest absolute Gasteiger partial charge is 0.455 e. The van der Waals surface area contributed by atoms with Gasteiger partial charge in [0.25, 0.3) is 0 Å². The number of hydrogen-bond donors (Lipinski definition) is 0. The Balaban J connectivity index is 1.16. The lowest BCUT2D eigenvalue weighted by molar-refractivity contribution is 0.670. The molecule has 0 saturated carbocycles. The summed E-state index contributed by atoms with van der Waals surface area (Å²) in [5, 5.41) is 6.99. The summed E-state index contributed by atoms with van der Waals surface area (Å²) < 4.78 is 7.10. The minimum absolute atomic E-state index is 0.851. The van der Waals surface area contributed by atoms with E-state index in [4.69, 9.17) is 4.42 Å². The van der Waals surface area contributed by atoms with Gasteiger partial charge in [0.1, 0.15) is 11.2 Å². The topological polar surface area (TPSA) is 16.4 Å². The van der Waals surface area contributed by atoms with Gasteiger partial charge in [-0.15, -0.1) is 0 Å². The third-order valence-electron chi connectivity index (χ3n) is 12.7. The van der Waals surface area contributed by atoms with Crippen LogP contribution in [0.1, 0.15) is 0 Å². The minimum atomic E-state index is 0.851. The van der Waals surface area contributed by atoms with Gasteiger partial charge in [-0.3, -0.25) is 0 Å². The summed E-state index contributed by atoms with van der Waals surface area (Å²) in [4.78, 5) is 2.48. The van der Waals surface area contributed by atoms with Crippen LogP contribution in [-0.4, -0.2) is 0 Å². The van der Waals surface area contributed by atoms with E-state index in [0.717, 1.165) is 77.9 Å². The van der Waals surface area contributed by atoms with Crippen LogP contribution in [0.25, 0.3) is 99.1 Å². The van der Waals surface area contributed by atoms with E-state index in [1.807, 2.05) is 0 Å². The molecule has 0 aliphatic rings. The van der Waals surface area contributed by atoms with Crippen molar-refractivity contribution in [2.24, 2.45) is 0 Å². The number of anilines is 3. The molecule has 0 fully saturated rings. The number of benzene rings is 11. The fourth-order valence-electron chi connectivity index (χ4n) is 9.65. The molecular formula is C62H41NO. The second-order valence-electron chi connectivity index (χ2n) is 16.4. The molecule has 12 aromatic rings. The van der Waals surface area contributed by atoms with Gasteiger partial charge < -0.3 is 9.32 Å². The first kappa shape index (κ1) is 37.3. The Hall–Kier alpha value is -8.46. The molecule has 0 bridgehead atoms. The molecule has 0 atom stereocenters. The maximum atomic E-state index is 7.10. The lowest BCUT2D eigenvalue weighted by Crippen LogP contribution is -2.13. The van der Waals surface area contributed by atoms with Gasteiger partial charge in [0, 0.05) is 22.1 Å². The van der Waals surface area contributed by atoms with Crippen molar-refractivity contribution >= 4 is 60.5 Å². The van der Waals surface area contributed by atoms with Crippen molar-refractivity contribution in [3.63, 3.8) is 0 Å². The van der Waals surface area contributed by atoms with E-state index in [-0.39, 0.29) is 0 Å². The van der Waals surface area contributed by atoms with Gasteiger partial charge in [-0.05, 0) is 103 Å². The number of fused-ring (bicyclic) bond motifs is 6. The summed E-state index contributed by atoms with van der Waals surface area (Å²) in [5.74, 6) is 0. The Morgan fingerprint density at radius 1 is 0.266 bits per heavy atom. The van der Waals surface area contributed by atoms with Gasteiger partial charge in [-0.1, -0.05) is 206 Å². The first-order valence-corrected chi connectivity index (χ1v) is 21.9. The normalized spacial score (nSPS) is 11.4. The highest BCUT2D eigenvalue weighted by Gasteiger charge is 2.27. The van der Waals surface area contributed by atoms with Crippen LogP contribution in [0.3, 0.4) is 0 Å². The molecule has 0 saturated heterocycles. The van der Waals surface area contributed by atoms with Crippen LogP contribution in [0, 0.1) is 0 Å². The van der Waals surface area contributed by atoms with Gasteiger partial charge in [0.2, 0.25) is 0 Å². The summed E-state index contributed by atoms with van der Waals surface area (Å²) in [7, 11) is 0. The molecule has 0 N–H and O–H groups in total. The predicted octanol–water partition coefficient (Wildman–Crippen LogP) is 17.7. The van der Waals surface area contributed by atoms with Crippen molar-refractivity contribution in [2.75, 3.05) is 4.90 Å². The number of para-hydroxylation sites is 2. The maximum Gasteiger partial charge on any atom is 0.145 e. The van der Waals surface area contributed by atoms with Crippen molar-refractivity contribution in [1.82, 2.24) is 0 Å². The van der Waals surface area contributed by atoms with E-state index >= 15 is 0 Å². The molecule has 0 aliphatic carbocycles. The van der Waals surface area contributed by atoms with Gasteiger partial charge in [-0.2, -0.15) is 0 Å². The van der Waals surface area contributed by atoms with E-state index in [1.165, 1.54) is 38.2 Å². The van der Waals surface area contributed by atoms with Crippen molar-refractivity contribution in [2.45, 2.75) is 0 Å². The zero-order chi connectivity index (χ0) is 42.4. The molecule has 300 valence electrons. The highest BCUT2D eigenvalue weighted by Crippen LogP contribution is 2.51. The zero-order valence-corrected chi connectivity index (χ0v) is 35.0. The summed E-state index contributed by atoms with van der Waals surface area (Å²) in [6.45, 7) is 0. The van der Waals surface area contributed by atoms with Crippen molar-refractivity contribution in [1.29, 1.82) is 0 Å². The monoisotopic (exact) mass is 815 g/mol. The fourth-order valence-corrected chi connectivity index (χ4v) is 9.65. The number of nitrogens with zero attached hydrogens (tertiary/aromatic N) is 1. The first-order chi connectivity index (χ1) is 31.8. The smallest absolute Gasteiger partial charge is 0.145 e. The molecule has 64 heavy (non-hydrogen) atoms. The summed E-state index contributed by atoms with van der Waals surface area (Å²) in [5.41, 5.74) is 16.3. The van der Waals surface area contributed by atoms with Gasteiger partial charge >= 0.3 is 0 Å². The van der Waals surface area contributed by atoms with E-state index in [1.54, 1.807) is 0 Å². The van der Waals surface area contributed by atoms with E-state index in [9.17, 15) is 0 Å². The van der Waals surface area contributed by atoms with Crippen LogP contribution in [0.4, 0.5) is 17.1 Å². The Labute approximate surface area is 372 Å². The lowest BCUT2D eigenvalue weighted by Gasteiger charge is -2.31. The molecule has 0 unspecified atom stereocenters. The van der Waals surface area contributed by atoms with E-state index in [2.05, 4.69) is 254 Å². The molecule has 0 spiro atoms. The Morgan fingerprint density at radius 3 is 1.52 bits per heavy atom. The lowest BCUT2D eigenvalue weighted by atomic mass is 9.91. The Bertz CT molecular complexity index is 3650. The third-order valence-corrected chi connectivity index (χ3v) is 12.7. The minimum Gasteiger partial charge on any atom is -0.455 e. The molecule has 1 heterocycles. The molecule has 0 aliphatic heterocycles. The molecule has 2 heteroatoms. The molecule has 12 rings (SSSR count). The molecule has 0 amide bonds. The molecule has 2 nitrogen and oxygen atoms in total. The van der Waals surface area contributed by atoms with Crippen LogP contribution >= 0.6 is 0 Å².